The van der Waals surface area contributed by atoms with E-state index in [2.05, 4.69) is 10.6 Å². The molecule has 9 heteroatoms. The lowest BCUT2D eigenvalue weighted by Gasteiger charge is -2.36. The maximum absolute atomic E-state index is 13.3. The van der Waals surface area contributed by atoms with Crippen LogP contribution in [0, 0.1) is 5.82 Å². The number of nitrogens with one attached hydrogen (secondary N) is 2. The Morgan fingerprint density at radius 2 is 2.00 bits per heavy atom. The van der Waals surface area contributed by atoms with Gasteiger partial charge in [0, 0.05) is 31.7 Å². The molecule has 3 amide bonds. The molecule has 1 saturated heterocycles. The number of benzene rings is 1. The first-order chi connectivity index (χ1) is 12.2. The third-order valence-corrected chi connectivity index (χ3v) is 4.26. The molecule has 0 aromatic heterocycles. The van der Waals surface area contributed by atoms with E-state index in [1.54, 1.807) is 4.90 Å². The Labute approximate surface area is 148 Å². The minimum absolute atomic E-state index is 0.113. The Kier molecular flexibility index (Phi) is 6.44. The zero-order valence-corrected chi connectivity index (χ0v) is 14.3. The predicted molar refractivity (Wildman–Crippen MR) is 88.1 cm³/mol. The van der Waals surface area contributed by atoms with Crippen LogP contribution in [0.15, 0.2) is 18.2 Å². The van der Waals surface area contributed by atoms with Crippen LogP contribution in [-0.2, 0) is 11.0 Å². The zero-order valence-electron chi connectivity index (χ0n) is 14.3. The highest BCUT2D eigenvalue weighted by Gasteiger charge is 2.34. The van der Waals surface area contributed by atoms with Gasteiger partial charge in [0.15, 0.2) is 0 Å². The van der Waals surface area contributed by atoms with Crippen molar-refractivity contribution in [1.82, 2.24) is 10.2 Å². The van der Waals surface area contributed by atoms with Crippen molar-refractivity contribution in [2.24, 2.45) is 0 Å². The molecule has 0 spiro atoms. The molecule has 0 aliphatic carbocycles. The fraction of sp³-hybridized carbons (Fsp3) is 0.529. The summed E-state index contributed by atoms with van der Waals surface area (Å²) in [4.78, 5) is 25.0. The summed E-state index contributed by atoms with van der Waals surface area (Å²) in [7, 11) is 0. The van der Waals surface area contributed by atoms with E-state index in [0.29, 0.717) is 31.6 Å². The topological polar surface area (TPSA) is 61.4 Å². The number of alkyl halides is 3. The Morgan fingerprint density at radius 3 is 2.65 bits per heavy atom. The number of nitrogens with zero attached hydrogens (tertiary/aromatic N) is 1. The Hall–Kier alpha value is -2.32. The first-order valence-corrected chi connectivity index (χ1v) is 8.37. The molecule has 0 radical (unpaired) electrons. The minimum Gasteiger partial charge on any atom is -0.356 e. The van der Waals surface area contributed by atoms with Gasteiger partial charge in [-0.05, 0) is 43.9 Å². The van der Waals surface area contributed by atoms with Gasteiger partial charge in [0.25, 0.3) is 0 Å². The van der Waals surface area contributed by atoms with Gasteiger partial charge < -0.3 is 15.5 Å². The van der Waals surface area contributed by atoms with Crippen molar-refractivity contribution in [1.29, 1.82) is 0 Å². The highest BCUT2D eigenvalue weighted by atomic mass is 19.4. The SMILES string of the molecule is CC(=O)NCC[C@@H]1CCCCN1C(=O)Nc1ccc(F)c(C(F)(F)F)c1. The molecule has 2 rings (SSSR count). The fourth-order valence-corrected chi connectivity index (χ4v) is 3.00. The first kappa shape index (κ1) is 20.0. The lowest BCUT2D eigenvalue weighted by atomic mass is 9.99. The lowest BCUT2D eigenvalue weighted by molar-refractivity contribution is -0.140. The number of piperidine rings is 1. The number of halogens is 4. The third kappa shape index (κ3) is 5.34. The summed E-state index contributed by atoms with van der Waals surface area (Å²) in [6, 6.07) is 1.72. The second-order valence-corrected chi connectivity index (χ2v) is 6.24. The largest absolute Gasteiger partial charge is 0.419 e. The molecule has 5 nitrogen and oxygen atoms in total. The van der Waals surface area contributed by atoms with Crippen LogP contribution in [0.3, 0.4) is 0 Å². The molecule has 0 unspecified atom stereocenters. The molecule has 1 aromatic rings. The van der Waals surface area contributed by atoms with E-state index in [4.69, 9.17) is 0 Å². The lowest BCUT2D eigenvalue weighted by Crippen LogP contribution is -2.47. The monoisotopic (exact) mass is 375 g/mol. The number of carbonyl (C=O) groups excluding carboxylic acids is 2. The molecule has 2 N–H and O–H groups in total. The number of amides is 3. The highest BCUT2D eigenvalue weighted by Crippen LogP contribution is 2.33. The van der Waals surface area contributed by atoms with Crippen LogP contribution < -0.4 is 10.6 Å². The highest BCUT2D eigenvalue weighted by molar-refractivity contribution is 5.89. The number of likely N-dealkylation sites (tertiary alicyclic amines) is 1. The molecule has 1 heterocycles. The Bertz CT molecular complexity index is 664. The van der Waals surface area contributed by atoms with E-state index < -0.39 is 23.6 Å². The molecular formula is C17H21F4N3O2. The second-order valence-electron chi connectivity index (χ2n) is 6.24. The number of carbonyl (C=O) groups is 2. The summed E-state index contributed by atoms with van der Waals surface area (Å²) in [5, 5.41) is 5.08. The van der Waals surface area contributed by atoms with E-state index in [0.717, 1.165) is 25.3 Å². The fourth-order valence-electron chi connectivity index (χ4n) is 3.00. The van der Waals surface area contributed by atoms with E-state index >= 15 is 0 Å². The standard InChI is InChI=1S/C17H21F4N3O2/c1-11(25)22-8-7-13-4-2-3-9-24(13)16(26)23-12-5-6-15(18)14(10-12)17(19,20)21/h5-6,10,13H,2-4,7-9H2,1H3,(H,22,25)(H,23,26)/t13-/m0/s1. The van der Waals surface area contributed by atoms with Gasteiger partial charge in [-0.2, -0.15) is 13.2 Å². The van der Waals surface area contributed by atoms with Crippen molar-refractivity contribution < 1.29 is 27.2 Å². The van der Waals surface area contributed by atoms with Gasteiger partial charge in [-0.15, -0.1) is 0 Å². The van der Waals surface area contributed by atoms with E-state index in [-0.39, 0.29) is 17.6 Å². The van der Waals surface area contributed by atoms with Gasteiger partial charge in [0.05, 0.1) is 5.56 Å². The van der Waals surface area contributed by atoms with Gasteiger partial charge in [0.1, 0.15) is 5.82 Å². The van der Waals surface area contributed by atoms with Gasteiger partial charge in [-0.25, -0.2) is 9.18 Å². The number of urea groups is 1. The summed E-state index contributed by atoms with van der Waals surface area (Å²) in [6.07, 6.45) is -1.80. The Morgan fingerprint density at radius 1 is 1.27 bits per heavy atom. The van der Waals surface area contributed by atoms with Gasteiger partial charge >= 0.3 is 12.2 Å². The van der Waals surface area contributed by atoms with Crippen LogP contribution in [0.2, 0.25) is 0 Å². The molecule has 1 fully saturated rings. The number of rotatable bonds is 4. The van der Waals surface area contributed by atoms with Crippen molar-refractivity contribution >= 4 is 17.6 Å². The third-order valence-electron chi connectivity index (χ3n) is 4.26. The smallest absolute Gasteiger partial charge is 0.356 e. The van der Waals surface area contributed by atoms with Crippen LogP contribution in [0.5, 0.6) is 0 Å². The summed E-state index contributed by atoms with van der Waals surface area (Å²) >= 11 is 0. The normalized spacial score (nSPS) is 17.7. The molecule has 26 heavy (non-hydrogen) atoms. The first-order valence-electron chi connectivity index (χ1n) is 8.37. The summed E-state index contributed by atoms with van der Waals surface area (Å²) in [5.41, 5.74) is -1.54. The van der Waals surface area contributed by atoms with Crippen LogP contribution in [0.4, 0.5) is 28.0 Å². The molecule has 1 aliphatic rings. The predicted octanol–water partition coefficient (Wildman–Crippen LogP) is 3.76. The molecule has 0 saturated carbocycles. The molecular weight excluding hydrogens is 354 g/mol. The molecule has 1 aromatic carbocycles. The average Bonchev–Trinajstić information content (AvgIpc) is 2.55. The maximum Gasteiger partial charge on any atom is 0.419 e. The maximum atomic E-state index is 13.3. The summed E-state index contributed by atoms with van der Waals surface area (Å²) in [6.45, 7) is 2.29. The van der Waals surface area contributed by atoms with E-state index in [1.165, 1.54) is 6.92 Å². The van der Waals surface area contributed by atoms with Gasteiger partial charge in [-0.3, -0.25) is 4.79 Å². The van der Waals surface area contributed by atoms with Crippen molar-refractivity contribution in [2.45, 2.75) is 44.8 Å². The average molecular weight is 375 g/mol. The number of hydrogen-bond donors (Lipinski definition) is 2. The van der Waals surface area contributed by atoms with Gasteiger partial charge in [0.2, 0.25) is 5.91 Å². The molecule has 1 aliphatic heterocycles. The van der Waals surface area contributed by atoms with Crippen molar-refractivity contribution in [3.05, 3.63) is 29.6 Å². The van der Waals surface area contributed by atoms with E-state index in [9.17, 15) is 27.2 Å². The number of anilines is 1. The van der Waals surface area contributed by atoms with Crippen LogP contribution >= 0.6 is 0 Å². The van der Waals surface area contributed by atoms with Crippen molar-refractivity contribution in [3.63, 3.8) is 0 Å². The second kappa shape index (κ2) is 8.37. The summed E-state index contributed by atoms with van der Waals surface area (Å²) in [5.74, 6) is -1.55. The van der Waals surface area contributed by atoms with E-state index in [1.807, 2.05) is 0 Å². The molecule has 1 atom stereocenters. The van der Waals surface area contributed by atoms with Gasteiger partial charge in [-0.1, -0.05) is 0 Å². The minimum atomic E-state index is -4.84. The summed E-state index contributed by atoms with van der Waals surface area (Å²) < 4.78 is 51.7. The molecule has 144 valence electrons. The van der Waals surface area contributed by atoms with Crippen LogP contribution in [-0.4, -0.2) is 36.0 Å². The van der Waals surface area contributed by atoms with Crippen LogP contribution in [0.1, 0.15) is 38.2 Å². The van der Waals surface area contributed by atoms with Crippen LogP contribution in [0.25, 0.3) is 0 Å². The number of hydrogen-bond acceptors (Lipinski definition) is 2. The molecule has 0 bridgehead atoms. The van der Waals surface area contributed by atoms with Crippen molar-refractivity contribution in [3.8, 4) is 0 Å². The zero-order chi connectivity index (χ0) is 19.3. The Balaban J connectivity index is 2.06. The van der Waals surface area contributed by atoms with Crippen molar-refractivity contribution in [2.75, 3.05) is 18.4 Å². The quantitative estimate of drug-likeness (QED) is 0.788.